The molecule has 0 aromatic heterocycles. The van der Waals surface area contributed by atoms with Crippen LogP contribution in [0, 0.1) is 11.6 Å². The molecule has 1 atom stereocenters. The van der Waals surface area contributed by atoms with Gasteiger partial charge in [-0.3, -0.25) is 0 Å². The molecule has 1 aliphatic heterocycles. The molecule has 0 fully saturated rings. The zero-order valence-corrected chi connectivity index (χ0v) is 15.8. The van der Waals surface area contributed by atoms with E-state index in [1.807, 2.05) is 0 Å². The Morgan fingerprint density at radius 3 is 2.42 bits per heavy atom. The van der Waals surface area contributed by atoms with E-state index < -0.39 is 38.2 Å². The molecule has 0 radical (unpaired) electrons. The van der Waals surface area contributed by atoms with Gasteiger partial charge in [-0.1, -0.05) is 6.07 Å². The number of nitrogen functional groups attached to an aromatic ring is 1. The topological polar surface area (TPSA) is 81.4 Å². The SMILES string of the molecule is CC1(C)CC(NS(=O)(=O)c2c(F)cccc2F)c2cc(N)ccc2O1.Cl. The van der Waals surface area contributed by atoms with Crippen LogP contribution >= 0.6 is 12.4 Å². The maximum absolute atomic E-state index is 13.9. The van der Waals surface area contributed by atoms with Crippen LogP contribution in [0.25, 0.3) is 0 Å². The number of nitrogens with one attached hydrogen (secondary N) is 1. The van der Waals surface area contributed by atoms with Crippen LogP contribution in [0.2, 0.25) is 0 Å². The van der Waals surface area contributed by atoms with E-state index in [0.717, 1.165) is 18.2 Å². The van der Waals surface area contributed by atoms with Crippen molar-refractivity contribution >= 4 is 28.1 Å². The van der Waals surface area contributed by atoms with Crippen molar-refractivity contribution in [3.63, 3.8) is 0 Å². The fourth-order valence-electron chi connectivity index (χ4n) is 2.96. The lowest BCUT2D eigenvalue weighted by Gasteiger charge is -2.37. The molecule has 3 rings (SSSR count). The third-order valence-electron chi connectivity index (χ3n) is 3.98. The van der Waals surface area contributed by atoms with Gasteiger partial charge in [0.05, 0.1) is 6.04 Å². The standard InChI is InChI=1S/C17H18F2N2O3S.ClH/c1-17(2)9-14(11-8-10(20)6-7-15(11)24-17)21-25(22,23)16-12(18)4-3-5-13(16)19;/h3-8,14,21H,9,20H2,1-2H3;1H. The molecule has 1 aliphatic rings. The molecule has 26 heavy (non-hydrogen) atoms. The molecule has 0 aliphatic carbocycles. The predicted octanol–water partition coefficient (Wildman–Crippen LogP) is 3.55. The molecule has 1 heterocycles. The Balaban J connectivity index is 0.00000243. The van der Waals surface area contributed by atoms with Crippen molar-refractivity contribution in [1.82, 2.24) is 4.72 Å². The number of hydrogen-bond donors (Lipinski definition) is 2. The summed E-state index contributed by atoms with van der Waals surface area (Å²) < 4.78 is 61.2. The summed E-state index contributed by atoms with van der Waals surface area (Å²) in [6.07, 6.45) is 0.277. The Morgan fingerprint density at radius 1 is 1.19 bits per heavy atom. The molecule has 0 saturated heterocycles. The van der Waals surface area contributed by atoms with Gasteiger partial charge in [-0.05, 0) is 44.2 Å². The van der Waals surface area contributed by atoms with Gasteiger partial charge in [0.25, 0.3) is 0 Å². The zero-order chi connectivity index (χ0) is 18.4. The summed E-state index contributed by atoms with van der Waals surface area (Å²) in [5.74, 6) is -1.81. The molecule has 0 saturated carbocycles. The first-order valence-electron chi connectivity index (χ1n) is 7.64. The van der Waals surface area contributed by atoms with Gasteiger partial charge in [0.1, 0.15) is 23.0 Å². The molecule has 0 amide bonds. The van der Waals surface area contributed by atoms with Gasteiger partial charge < -0.3 is 10.5 Å². The molecule has 142 valence electrons. The van der Waals surface area contributed by atoms with Crippen molar-refractivity contribution in [2.24, 2.45) is 0 Å². The van der Waals surface area contributed by atoms with Crippen LogP contribution in [0.1, 0.15) is 31.9 Å². The van der Waals surface area contributed by atoms with Crippen LogP contribution < -0.4 is 15.2 Å². The maximum atomic E-state index is 13.9. The highest BCUT2D eigenvalue weighted by Gasteiger charge is 2.37. The van der Waals surface area contributed by atoms with Gasteiger partial charge in [0, 0.05) is 17.7 Å². The van der Waals surface area contributed by atoms with Crippen molar-refractivity contribution in [3.8, 4) is 5.75 Å². The smallest absolute Gasteiger partial charge is 0.246 e. The van der Waals surface area contributed by atoms with E-state index >= 15 is 0 Å². The van der Waals surface area contributed by atoms with Crippen LogP contribution in [-0.2, 0) is 10.0 Å². The van der Waals surface area contributed by atoms with Gasteiger partial charge in [0.15, 0.2) is 4.90 Å². The summed E-state index contributed by atoms with van der Waals surface area (Å²) in [4.78, 5) is -0.996. The van der Waals surface area contributed by atoms with E-state index in [2.05, 4.69) is 4.72 Å². The quantitative estimate of drug-likeness (QED) is 0.766. The lowest BCUT2D eigenvalue weighted by atomic mass is 9.90. The highest BCUT2D eigenvalue weighted by Crippen LogP contribution is 2.41. The maximum Gasteiger partial charge on any atom is 0.246 e. The summed E-state index contributed by atoms with van der Waals surface area (Å²) in [5.41, 5.74) is 6.08. The number of halogens is 3. The summed E-state index contributed by atoms with van der Waals surface area (Å²) in [6.45, 7) is 3.61. The normalized spacial score (nSPS) is 18.4. The lowest BCUT2D eigenvalue weighted by Crippen LogP contribution is -2.41. The van der Waals surface area contributed by atoms with Crippen molar-refractivity contribution in [3.05, 3.63) is 53.6 Å². The fraction of sp³-hybridized carbons (Fsp3) is 0.294. The minimum absolute atomic E-state index is 0. The number of ether oxygens (including phenoxy) is 1. The largest absolute Gasteiger partial charge is 0.487 e. The van der Waals surface area contributed by atoms with Gasteiger partial charge in [-0.2, -0.15) is 0 Å². The van der Waals surface area contributed by atoms with Crippen LogP contribution in [0.3, 0.4) is 0 Å². The van der Waals surface area contributed by atoms with Crippen molar-refractivity contribution in [2.75, 3.05) is 5.73 Å². The average Bonchev–Trinajstić information content (AvgIpc) is 2.46. The first kappa shape index (κ1) is 20.4. The van der Waals surface area contributed by atoms with E-state index in [-0.39, 0.29) is 18.8 Å². The van der Waals surface area contributed by atoms with Crippen molar-refractivity contribution in [1.29, 1.82) is 0 Å². The number of hydrogen-bond acceptors (Lipinski definition) is 4. The predicted molar refractivity (Wildman–Crippen MR) is 96.8 cm³/mol. The highest BCUT2D eigenvalue weighted by molar-refractivity contribution is 7.89. The zero-order valence-electron chi connectivity index (χ0n) is 14.1. The highest BCUT2D eigenvalue weighted by atomic mass is 35.5. The minimum Gasteiger partial charge on any atom is -0.487 e. The van der Waals surface area contributed by atoms with Gasteiger partial charge >= 0.3 is 0 Å². The monoisotopic (exact) mass is 404 g/mol. The molecule has 9 heteroatoms. The first-order chi connectivity index (χ1) is 11.6. The number of anilines is 1. The van der Waals surface area contributed by atoms with E-state index in [1.165, 1.54) is 0 Å². The third-order valence-corrected chi connectivity index (χ3v) is 5.50. The lowest BCUT2D eigenvalue weighted by molar-refractivity contribution is 0.0702. The Kier molecular flexibility index (Phi) is 5.51. The third kappa shape index (κ3) is 3.92. The average molecular weight is 405 g/mol. The number of rotatable bonds is 3. The summed E-state index contributed by atoms with van der Waals surface area (Å²) in [5, 5.41) is 0. The molecule has 1 unspecified atom stereocenters. The second-order valence-corrected chi connectivity index (χ2v) is 8.24. The molecule has 0 spiro atoms. The fourth-order valence-corrected chi connectivity index (χ4v) is 4.32. The molecular formula is C17H19ClF2N2O3S. The molecular weight excluding hydrogens is 386 g/mol. The second-order valence-electron chi connectivity index (χ2n) is 6.59. The van der Waals surface area contributed by atoms with Crippen LogP contribution in [0.15, 0.2) is 41.3 Å². The summed E-state index contributed by atoms with van der Waals surface area (Å²) in [6, 6.07) is 7.06. The van der Waals surface area contributed by atoms with E-state index in [9.17, 15) is 17.2 Å². The van der Waals surface area contributed by atoms with E-state index in [1.54, 1.807) is 32.0 Å². The second kappa shape index (κ2) is 7.02. The van der Waals surface area contributed by atoms with Crippen LogP contribution in [-0.4, -0.2) is 14.0 Å². The molecule has 5 nitrogen and oxygen atoms in total. The van der Waals surface area contributed by atoms with E-state index in [4.69, 9.17) is 10.5 Å². The summed E-state index contributed by atoms with van der Waals surface area (Å²) >= 11 is 0. The van der Waals surface area contributed by atoms with Gasteiger partial charge in [0.2, 0.25) is 10.0 Å². The Labute approximate surface area is 157 Å². The molecule has 2 aromatic carbocycles. The first-order valence-corrected chi connectivity index (χ1v) is 9.12. The van der Waals surface area contributed by atoms with E-state index in [0.29, 0.717) is 17.0 Å². The molecule has 2 aromatic rings. The molecule has 3 N–H and O–H groups in total. The Bertz CT molecular complexity index is 915. The van der Waals surface area contributed by atoms with Crippen molar-refractivity contribution in [2.45, 2.75) is 36.8 Å². The van der Waals surface area contributed by atoms with Gasteiger partial charge in [-0.15, -0.1) is 12.4 Å². The number of benzene rings is 2. The van der Waals surface area contributed by atoms with Crippen LogP contribution in [0.5, 0.6) is 5.75 Å². The number of nitrogens with two attached hydrogens (primary N) is 1. The minimum atomic E-state index is -4.42. The van der Waals surface area contributed by atoms with Gasteiger partial charge in [-0.25, -0.2) is 21.9 Å². The van der Waals surface area contributed by atoms with Crippen molar-refractivity contribution < 1.29 is 21.9 Å². The number of fused-ring (bicyclic) bond motifs is 1. The molecule has 0 bridgehead atoms. The Morgan fingerprint density at radius 2 is 1.81 bits per heavy atom. The Hall–Kier alpha value is -1.90. The van der Waals surface area contributed by atoms with Crippen LogP contribution in [0.4, 0.5) is 14.5 Å². The number of sulfonamides is 1. The summed E-state index contributed by atoms with van der Waals surface area (Å²) in [7, 11) is -4.42.